The topological polar surface area (TPSA) is 115 Å². The van der Waals surface area contributed by atoms with Crippen molar-refractivity contribution >= 4 is 12.1 Å². The maximum atomic E-state index is 15.4. The summed E-state index contributed by atoms with van der Waals surface area (Å²) in [4.78, 5) is 39.5. The molecular formula is C18H21FN2O8. The first kappa shape index (κ1) is 19.6. The Morgan fingerprint density at radius 1 is 1.38 bits per heavy atom. The molecule has 1 aliphatic carbocycles. The molecule has 0 spiro atoms. The largest absolute Gasteiger partial charge is 0.509 e. The second-order valence-corrected chi connectivity index (χ2v) is 7.64. The molecule has 2 aliphatic heterocycles. The molecule has 0 N–H and O–H groups in total. The molecular weight excluding hydrogens is 391 g/mol. The molecule has 0 unspecified atom stereocenters. The predicted molar refractivity (Wildman–Crippen MR) is 91.6 cm³/mol. The molecule has 2 saturated heterocycles. The van der Waals surface area contributed by atoms with Gasteiger partial charge in [0.05, 0.1) is 12.5 Å². The number of fused-ring (bicyclic) bond motifs is 1. The average molecular weight is 412 g/mol. The Hall–Kier alpha value is -2.69. The summed E-state index contributed by atoms with van der Waals surface area (Å²) < 4.78 is 42.0. The maximum absolute atomic E-state index is 15.4. The summed E-state index contributed by atoms with van der Waals surface area (Å²) in [6.45, 7) is 2.83. The lowest BCUT2D eigenvalue weighted by Crippen LogP contribution is -2.43. The van der Waals surface area contributed by atoms with E-state index in [0.717, 1.165) is 17.4 Å². The number of halogens is 1. The van der Waals surface area contributed by atoms with Gasteiger partial charge >= 0.3 is 17.8 Å². The zero-order valence-corrected chi connectivity index (χ0v) is 15.9. The SMILES string of the molecule is CC(C)C(=O)OC[C@@]1(F)O[C@@H](n2ccc(OCC3CC3)nc2=O)[C@@H]2OC(=O)O[C@@H]21. The highest BCUT2D eigenvalue weighted by atomic mass is 19.2. The van der Waals surface area contributed by atoms with E-state index in [2.05, 4.69) is 4.98 Å². The second-order valence-electron chi connectivity index (χ2n) is 7.64. The van der Waals surface area contributed by atoms with Crippen molar-refractivity contribution in [3.63, 3.8) is 0 Å². The monoisotopic (exact) mass is 412 g/mol. The number of hydrogen-bond donors (Lipinski definition) is 0. The third-order valence-electron chi connectivity index (χ3n) is 4.90. The zero-order valence-electron chi connectivity index (χ0n) is 15.9. The van der Waals surface area contributed by atoms with E-state index in [9.17, 15) is 14.4 Å². The Morgan fingerprint density at radius 3 is 2.79 bits per heavy atom. The molecule has 0 amide bonds. The smallest absolute Gasteiger partial charge is 0.477 e. The first-order valence-corrected chi connectivity index (χ1v) is 9.39. The molecule has 11 heteroatoms. The Morgan fingerprint density at radius 2 is 2.14 bits per heavy atom. The van der Waals surface area contributed by atoms with Crippen LogP contribution in [0.5, 0.6) is 5.88 Å². The van der Waals surface area contributed by atoms with E-state index in [4.69, 9.17) is 23.7 Å². The Bertz CT molecular complexity index is 870. The number of carbonyl (C=O) groups excluding carboxylic acids is 2. The molecule has 0 aromatic carbocycles. The number of aromatic nitrogens is 2. The van der Waals surface area contributed by atoms with E-state index in [-0.39, 0.29) is 5.88 Å². The third kappa shape index (κ3) is 3.91. The Labute approximate surface area is 164 Å². The Balaban J connectivity index is 1.53. The van der Waals surface area contributed by atoms with Crippen molar-refractivity contribution in [3.05, 3.63) is 22.7 Å². The van der Waals surface area contributed by atoms with Crippen LogP contribution in [0.15, 0.2) is 17.1 Å². The van der Waals surface area contributed by atoms with Gasteiger partial charge in [0.15, 0.2) is 18.9 Å². The number of nitrogens with zero attached hydrogens (tertiary/aromatic N) is 2. The van der Waals surface area contributed by atoms with Crippen molar-refractivity contribution in [2.75, 3.05) is 13.2 Å². The van der Waals surface area contributed by atoms with Gasteiger partial charge < -0.3 is 23.7 Å². The van der Waals surface area contributed by atoms with Crippen molar-refractivity contribution in [2.24, 2.45) is 11.8 Å². The maximum Gasteiger partial charge on any atom is 0.509 e. The van der Waals surface area contributed by atoms with Crippen molar-refractivity contribution in [1.82, 2.24) is 9.55 Å². The fourth-order valence-corrected chi connectivity index (χ4v) is 3.07. The molecule has 0 bridgehead atoms. The van der Waals surface area contributed by atoms with Gasteiger partial charge in [-0.05, 0) is 18.8 Å². The number of rotatable bonds is 7. The van der Waals surface area contributed by atoms with Crippen molar-refractivity contribution in [2.45, 2.75) is 51.0 Å². The summed E-state index contributed by atoms with van der Waals surface area (Å²) in [7, 11) is 0. The van der Waals surface area contributed by atoms with Gasteiger partial charge in [-0.1, -0.05) is 13.8 Å². The van der Waals surface area contributed by atoms with Crippen LogP contribution in [-0.2, 0) is 23.7 Å². The summed E-state index contributed by atoms with van der Waals surface area (Å²) in [6.07, 6.45) is -1.71. The summed E-state index contributed by atoms with van der Waals surface area (Å²) in [5.41, 5.74) is -0.770. The zero-order chi connectivity index (χ0) is 20.8. The van der Waals surface area contributed by atoms with Crippen LogP contribution in [0.25, 0.3) is 0 Å². The molecule has 1 aromatic rings. The van der Waals surface area contributed by atoms with E-state index in [1.54, 1.807) is 13.8 Å². The molecule has 10 nitrogen and oxygen atoms in total. The second kappa shape index (κ2) is 7.29. The van der Waals surface area contributed by atoms with E-state index in [1.807, 2.05) is 0 Å². The summed E-state index contributed by atoms with van der Waals surface area (Å²) in [5, 5.41) is 0. The number of hydrogen-bond acceptors (Lipinski definition) is 9. The fourth-order valence-electron chi connectivity index (χ4n) is 3.07. The van der Waals surface area contributed by atoms with Crippen LogP contribution in [0.2, 0.25) is 0 Å². The van der Waals surface area contributed by atoms with Gasteiger partial charge in [0.1, 0.15) is 0 Å². The first-order chi connectivity index (χ1) is 13.8. The molecule has 3 heterocycles. The number of carbonyl (C=O) groups is 2. The lowest BCUT2D eigenvalue weighted by Gasteiger charge is -2.23. The number of ether oxygens (including phenoxy) is 5. The van der Waals surface area contributed by atoms with Crippen LogP contribution >= 0.6 is 0 Å². The summed E-state index contributed by atoms with van der Waals surface area (Å²) >= 11 is 0. The molecule has 1 saturated carbocycles. The molecule has 0 radical (unpaired) electrons. The van der Waals surface area contributed by atoms with Crippen LogP contribution in [0.1, 0.15) is 32.9 Å². The van der Waals surface area contributed by atoms with Crippen LogP contribution in [0.3, 0.4) is 0 Å². The molecule has 29 heavy (non-hydrogen) atoms. The minimum Gasteiger partial charge on any atom is -0.477 e. The summed E-state index contributed by atoms with van der Waals surface area (Å²) in [5.74, 6) is -3.18. The van der Waals surface area contributed by atoms with Crippen LogP contribution < -0.4 is 10.4 Å². The molecule has 4 atom stereocenters. The standard InChI is InChI=1S/C18H21FN2O8/c1-9(2)15(22)26-8-18(19)13-12(27-17(24)28-13)14(29-18)21-6-5-11(20-16(21)23)25-7-10-3-4-10/h5-6,9-10,12-14H,3-4,7-8H2,1-2H3/t12-,13+,14-,18-/m1/s1. The van der Waals surface area contributed by atoms with Gasteiger partial charge in [-0.15, -0.1) is 0 Å². The number of esters is 1. The lowest BCUT2D eigenvalue weighted by molar-refractivity contribution is -0.220. The van der Waals surface area contributed by atoms with Crippen LogP contribution in [0, 0.1) is 11.8 Å². The van der Waals surface area contributed by atoms with Gasteiger partial charge in [0, 0.05) is 12.3 Å². The molecule has 158 valence electrons. The fraction of sp³-hybridized carbons (Fsp3) is 0.667. The molecule has 3 aliphatic rings. The molecule has 3 fully saturated rings. The predicted octanol–water partition coefficient (Wildman–Crippen LogP) is 1.33. The highest BCUT2D eigenvalue weighted by Crippen LogP contribution is 2.44. The summed E-state index contributed by atoms with van der Waals surface area (Å²) in [6, 6.07) is 1.44. The van der Waals surface area contributed by atoms with Gasteiger partial charge in [-0.3, -0.25) is 9.36 Å². The minimum absolute atomic E-state index is 0.143. The molecule has 1 aromatic heterocycles. The van der Waals surface area contributed by atoms with E-state index >= 15 is 4.39 Å². The highest BCUT2D eigenvalue weighted by molar-refractivity contribution is 5.71. The van der Waals surface area contributed by atoms with Gasteiger partial charge in [0.2, 0.25) is 12.0 Å². The van der Waals surface area contributed by atoms with Crippen LogP contribution in [0.4, 0.5) is 9.18 Å². The van der Waals surface area contributed by atoms with E-state index in [0.29, 0.717) is 12.5 Å². The normalized spacial score (nSPS) is 30.6. The molecule has 4 rings (SSSR count). The first-order valence-electron chi connectivity index (χ1n) is 9.39. The van der Waals surface area contributed by atoms with Gasteiger partial charge in [-0.2, -0.15) is 4.98 Å². The Kier molecular flexibility index (Phi) is 4.93. The van der Waals surface area contributed by atoms with Gasteiger partial charge in [-0.25, -0.2) is 14.0 Å². The number of alkyl halides is 1. The highest BCUT2D eigenvalue weighted by Gasteiger charge is 2.65. The minimum atomic E-state index is -2.67. The van der Waals surface area contributed by atoms with E-state index in [1.165, 1.54) is 12.3 Å². The quantitative estimate of drug-likeness (QED) is 0.612. The third-order valence-corrected chi connectivity index (χ3v) is 4.90. The van der Waals surface area contributed by atoms with Crippen LogP contribution in [-0.4, -0.2) is 53.0 Å². The van der Waals surface area contributed by atoms with Crippen molar-refractivity contribution < 1.29 is 37.7 Å². The van der Waals surface area contributed by atoms with Crippen molar-refractivity contribution in [1.29, 1.82) is 0 Å². The van der Waals surface area contributed by atoms with Gasteiger partial charge in [0.25, 0.3) is 5.85 Å². The van der Waals surface area contributed by atoms with E-state index < -0.39 is 54.6 Å². The average Bonchev–Trinajstić information content (AvgIpc) is 3.36. The lowest BCUT2D eigenvalue weighted by atomic mass is 10.1. The van der Waals surface area contributed by atoms with Crippen molar-refractivity contribution in [3.8, 4) is 5.88 Å².